The highest BCUT2D eigenvalue weighted by Gasteiger charge is 2.20. The lowest BCUT2D eigenvalue weighted by molar-refractivity contribution is -0.138. The van der Waals surface area contributed by atoms with Crippen molar-refractivity contribution in [2.24, 2.45) is 11.7 Å². The quantitative estimate of drug-likeness (QED) is 0.824. The van der Waals surface area contributed by atoms with Crippen LogP contribution in [0.2, 0.25) is 0 Å². The molecule has 0 saturated heterocycles. The third-order valence-electron chi connectivity index (χ3n) is 3.67. The lowest BCUT2D eigenvalue weighted by Crippen LogP contribution is -2.32. The molecule has 1 fully saturated rings. The summed E-state index contributed by atoms with van der Waals surface area (Å²) in [7, 11) is 0. The molecule has 1 aliphatic carbocycles. The lowest BCUT2D eigenvalue weighted by Gasteiger charge is -2.26. The molecule has 1 aromatic carbocycles. The van der Waals surface area contributed by atoms with Crippen LogP contribution < -0.4 is 10.5 Å². The third kappa shape index (κ3) is 3.70. The van der Waals surface area contributed by atoms with E-state index in [1.165, 1.54) is 19.3 Å². The SMILES string of the molecule is Cc1ccc(OCC2CCC2)c(CC(N)C(=O)O)c1. The number of carboxylic acid groups (broad SMARTS) is 1. The molecule has 3 N–H and O–H groups in total. The van der Waals surface area contributed by atoms with E-state index in [0.29, 0.717) is 12.3 Å². The Morgan fingerprint density at radius 1 is 1.53 bits per heavy atom. The minimum Gasteiger partial charge on any atom is -0.493 e. The fourth-order valence-electron chi connectivity index (χ4n) is 2.20. The molecule has 0 spiro atoms. The van der Waals surface area contributed by atoms with Crippen LogP contribution in [0.25, 0.3) is 0 Å². The summed E-state index contributed by atoms with van der Waals surface area (Å²) in [4.78, 5) is 10.9. The van der Waals surface area contributed by atoms with Gasteiger partial charge in [-0.05, 0) is 37.3 Å². The number of hydrogen-bond acceptors (Lipinski definition) is 3. The summed E-state index contributed by atoms with van der Waals surface area (Å²) >= 11 is 0. The normalized spacial score (nSPS) is 16.7. The summed E-state index contributed by atoms with van der Waals surface area (Å²) in [6, 6.07) is 4.97. The minimum absolute atomic E-state index is 0.303. The van der Waals surface area contributed by atoms with Crippen molar-refractivity contribution in [3.63, 3.8) is 0 Å². The number of aryl methyl sites for hydroxylation is 1. The fraction of sp³-hybridized carbons (Fsp3) is 0.533. The third-order valence-corrected chi connectivity index (χ3v) is 3.67. The molecule has 0 bridgehead atoms. The van der Waals surface area contributed by atoms with Gasteiger partial charge in [0, 0.05) is 6.42 Å². The Balaban J connectivity index is 2.05. The molecule has 1 unspecified atom stereocenters. The van der Waals surface area contributed by atoms with Crippen molar-refractivity contribution < 1.29 is 14.6 Å². The Labute approximate surface area is 113 Å². The van der Waals surface area contributed by atoms with E-state index >= 15 is 0 Å². The molecule has 1 aliphatic rings. The van der Waals surface area contributed by atoms with Crippen LogP contribution in [0.1, 0.15) is 30.4 Å². The van der Waals surface area contributed by atoms with Crippen LogP contribution in [0.5, 0.6) is 5.75 Å². The van der Waals surface area contributed by atoms with Crippen LogP contribution in [0.4, 0.5) is 0 Å². The van der Waals surface area contributed by atoms with E-state index in [2.05, 4.69) is 0 Å². The molecule has 2 rings (SSSR count). The molecule has 0 radical (unpaired) electrons. The molecule has 1 saturated carbocycles. The first-order valence-electron chi connectivity index (χ1n) is 6.77. The van der Waals surface area contributed by atoms with Crippen molar-refractivity contribution in [2.75, 3.05) is 6.61 Å². The molecule has 1 aromatic rings. The van der Waals surface area contributed by atoms with Crippen LogP contribution in [0.15, 0.2) is 18.2 Å². The van der Waals surface area contributed by atoms with Gasteiger partial charge in [0.05, 0.1) is 6.61 Å². The lowest BCUT2D eigenvalue weighted by atomic mass is 9.86. The van der Waals surface area contributed by atoms with Gasteiger partial charge in [-0.2, -0.15) is 0 Å². The average molecular weight is 263 g/mol. The van der Waals surface area contributed by atoms with Crippen LogP contribution in [0.3, 0.4) is 0 Å². The van der Waals surface area contributed by atoms with E-state index in [9.17, 15) is 4.79 Å². The van der Waals surface area contributed by atoms with Crippen molar-refractivity contribution in [1.29, 1.82) is 0 Å². The summed E-state index contributed by atoms with van der Waals surface area (Å²) < 4.78 is 5.83. The summed E-state index contributed by atoms with van der Waals surface area (Å²) in [5.74, 6) is 0.447. The second-order valence-corrected chi connectivity index (χ2v) is 5.37. The number of carboxylic acids is 1. The largest absolute Gasteiger partial charge is 0.493 e. The number of rotatable bonds is 6. The van der Waals surface area contributed by atoms with E-state index in [-0.39, 0.29) is 0 Å². The second-order valence-electron chi connectivity index (χ2n) is 5.37. The monoisotopic (exact) mass is 263 g/mol. The van der Waals surface area contributed by atoms with Gasteiger partial charge in [-0.15, -0.1) is 0 Å². The van der Waals surface area contributed by atoms with E-state index in [1.54, 1.807) is 0 Å². The van der Waals surface area contributed by atoms with Gasteiger partial charge in [0.15, 0.2) is 0 Å². The predicted molar refractivity (Wildman–Crippen MR) is 73.3 cm³/mol. The summed E-state index contributed by atoms with van der Waals surface area (Å²) in [5.41, 5.74) is 7.58. The standard InChI is InChI=1S/C15H21NO3/c1-10-5-6-14(19-9-11-3-2-4-11)12(7-10)8-13(16)15(17)18/h5-7,11,13H,2-4,8-9,16H2,1H3,(H,17,18). The van der Waals surface area contributed by atoms with Crippen molar-refractivity contribution in [2.45, 2.75) is 38.6 Å². The number of ether oxygens (including phenoxy) is 1. The van der Waals surface area contributed by atoms with Gasteiger partial charge < -0.3 is 15.6 Å². The molecule has 0 aliphatic heterocycles. The van der Waals surface area contributed by atoms with Crippen LogP contribution >= 0.6 is 0 Å². The van der Waals surface area contributed by atoms with Crippen LogP contribution in [-0.4, -0.2) is 23.7 Å². The van der Waals surface area contributed by atoms with Gasteiger partial charge in [0.2, 0.25) is 0 Å². The first-order chi connectivity index (χ1) is 9.06. The van der Waals surface area contributed by atoms with Crippen LogP contribution in [0, 0.1) is 12.8 Å². The van der Waals surface area contributed by atoms with Crippen molar-refractivity contribution in [3.8, 4) is 5.75 Å². The molecule has 0 heterocycles. The number of benzene rings is 1. The summed E-state index contributed by atoms with van der Waals surface area (Å²) in [6.45, 7) is 2.70. The maximum atomic E-state index is 10.9. The Kier molecular flexibility index (Phi) is 4.43. The van der Waals surface area contributed by atoms with Gasteiger partial charge >= 0.3 is 5.97 Å². The Hall–Kier alpha value is -1.55. The van der Waals surface area contributed by atoms with Gasteiger partial charge in [0.1, 0.15) is 11.8 Å². The Morgan fingerprint density at radius 3 is 2.84 bits per heavy atom. The number of hydrogen-bond donors (Lipinski definition) is 2. The molecule has 4 nitrogen and oxygen atoms in total. The van der Waals surface area contributed by atoms with Gasteiger partial charge in [-0.25, -0.2) is 0 Å². The van der Waals surface area contributed by atoms with Gasteiger partial charge in [0.25, 0.3) is 0 Å². The van der Waals surface area contributed by atoms with Crippen molar-refractivity contribution in [3.05, 3.63) is 29.3 Å². The Morgan fingerprint density at radius 2 is 2.26 bits per heavy atom. The molecule has 4 heteroatoms. The molecule has 0 aromatic heterocycles. The highest BCUT2D eigenvalue weighted by atomic mass is 16.5. The van der Waals surface area contributed by atoms with Crippen molar-refractivity contribution in [1.82, 2.24) is 0 Å². The number of aliphatic carboxylic acids is 1. The summed E-state index contributed by atoms with van der Waals surface area (Å²) in [6.07, 6.45) is 4.06. The fourth-order valence-corrected chi connectivity index (χ4v) is 2.20. The molecule has 104 valence electrons. The highest BCUT2D eigenvalue weighted by Crippen LogP contribution is 2.28. The van der Waals surface area contributed by atoms with Gasteiger partial charge in [-0.3, -0.25) is 4.79 Å². The van der Waals surface area contributed by atoms with Crippen LogP contribution in [-0.2, 0) is 11.2 Å². The predicted octanol–water partition coefficient (Wildman–Crippen LogP) is 2.13. The zero-order valence-electron chi connectivity index (χ0n) is 11.3. The molecule has 1 atom stereocenters. The maximum absolute atomic E-state index is 10.9. The molecule has 19 heavy (non-hydrogen) atoms. The molecular weight excluding hydrogens is 242 g/mol. The molecular formula is C15H21NO3. The van der Waals surface area contributed by atoms with E-state index < -0.39 is 12.0 Å². The second kappa shape index (κ2) is 6.06. The zero-order chi connectivity index (χ0) is 13.8. The topological polar surface area (TPSA) is 72.5 Å². The van der Waals surface area contributed by atoms with E-state index in [0.717, 1.165) is 23.5 Å². The number of carbonyl (C=O) groups is 1. The minimum atomic E-state index is -0.980. The first kappa shape index (κ1) is 13.9. The smallest absolute Gasteiger partial charge is 0.320 e. The van der Waals surface area contributed by atoms with Crippen molar-refractivity contribution >= 4 is 5.97 Å². The highest BCUT2D eigenvalue weighted by molar-refractivity contribution is 5.73. The van der Waals surface area contributed by atoms with Gasteiger partial charge in [-0.1, -0.05) is 24.1 Å². The van der Waals surface area contributed by atoms with E-state index in [4.69, 9.17) is 15.6 Å². The number of nitrogens with two attached hydrogens (primary N) is 1. The first-order valence-corrected chi connectivity index (χ1v) is 6.77. The average Bonchev–Trinajstić information content (AvgIpc) is 2.29. The maximum Gasteiger partial charge on any atom is 0.320 e. The Bertz CT molecular complexity index is 455. The van der Waals surface area contributed by atoms with E-state index in [1.807, 2.05) is 25.1 Å². The molecule has 0 amide bonds. The zero-order valence-corrected chi connectivity index (χ0v) is 11.3. The summed E-state index contributed by atoms with van der Waals surface area (Å²) in [5, 5.41) is 8.90.